The Labute approximate surface area is 136 Å². The highest BCUT2D eigenvalue weighted by molar-refractivity contribution is 5.80. The zero-order valence-corrected chi connectivity index (χ0v) is 12.9. The highest BCUT2D eigenvalue weighted by Crippen LogP contribution is 2.28. The van der Waals surface area contributed by atoms with Crippen LogP contribution in [0.4, 0.5) is 8.78 Å². The van der Waals surface area contributed by atoms with Gasteiger partial charge in [0, 0.05) is 13.1 Å². The van der Waals surface area contributed by atoms with Gasteiger partial charge in [0.1, 0.15) is 12.1 Å². The van der Waals surface area contributed by atoms with Gasteiger partial charge in [-0.15, -0.1) is 0 Å². The zero-order chi connectivity index (χ0) is 17.3. The standard InChI is InChI=1S/C16H17F2N3O3/c17-15(18)16(24)5-7-20(8-6-16)14(23)10-21-12-4-2-1-3-11(12)19-9-13(21)22/h1-4,9,15,24H,5-8,10H2. The summed E-state index contributed by atoms with van der Waals surface area (Å²) in [5, 5.41) is 9.77. The lowest BCUT2D eigenvalue weighted by molar-refractivity contribution is -0.147. The minimum Gasteiger partial charge on any atom is -0.384 e. The maximum Gasteiger partial charge on any atom is 0.269 e. The van der Waals surface area contributed by atoms with Crippen molar-refractivity contribution in [2.24, 2.45) is 0 Å². The van der Waals surface area contributed by atoms with Crippen molar-refractivity contribution in [1.29, 1.82) is 0 Å². The molecule has 2 aromatic rings. The third kappa shape index (κ3) is 3.01. The van der Waals surface area contributed by atoms with Gasteiger partial charge in [0.2, 0.25) is 5.91 Å². The Morgan fingerprint density at radius 2 is 1.96 bits per heavy atom. The largest absolute Gasteiger partial charge is 0.384 e. The van der Waals surface area contributed by atoms with Crippen molar-refractivity contribution in [3.8, 4) is 0 Å². The predicted molar refractivity (Wildman–Crippen MR) is 82.8 cm³/mol. The van der Waals surface area contributed by atoms with E-state index in [4.69, 9.17) is 0 Å². The molecule has 1 saturated heterocycles. The lowest BCUT2D eigenvalue weighted by atomic mass is 9.92. The van der Waals surface area contributed by atoms with Crippen molar-refractivity contribution in [1.82, 2.24) is 14.5 Å². The second kappa shape index (κ2) is 6.27. The number of carbonyl (C=O) groups excluding carboxylic acids is 1. The first-order valence-corrected chi connectivity index (χ1v) is 7.63. The topological polar surface area (TPSA) is 75.4 Å². The SMILES string of the molecule is O=C(Cn1c(=O)cnc2ccccc21)N1CCC(O)(C(F)F)CC1. The predicted octanol–water partition coefficient (Wildman–Crippen LogP) is 1.02. The summed E-state index contributed by atoms with van der Waals surface area (Å²) >= 11 is 0. The number of benzene rings is 1. The quantitative estimate of drug-likeness (QED) is 0.907. The number of halogens is 2. The van der Waals surface area contributed by atoms with Crippen LogP contribution in [0.15, 0.2) is 35.3 Å². The summed E-state index contributed by atoms with van der Waals surface area (Å²) in [4.78, 5) is 29.9. The Morgan fingerprint density at radius 1 is 1.29 bits per heavy atom. The molecule has 8 heteroatoms. The van der Waals surface area contributed by atoms with Crippen LogP contribution in [0.5, 0.6) is 0 Å². The van der Waals surface area contributed by atoms with Gasteiger partial charge >= 0.3 is 0 Å². The summed E-state index contributed by atoms with van der Waals surface area (Å²) in [6.45, 7) is -0.107. The Kier molecular flexibility index (Phi) is 4.31. The molecule has 2 heterocycles. The molecule has 1 aliphatic heterocycles. The van der Waals surface area contributed by atoms with Crippen LogP contribution in [0.2, 0.25) is 0 Å². The number of aromatic nitrogens is 2. The molecular weight excluding hydrogens is 320 g/mol. The van der Waals surface area contributed by atoms with Gasteiger partial charge in [-0.05, 0) is 25.0 Å². The summed E-state index contributed by atoms with van der Waals surface area (Å²) < 4.78 is 26.9. The van der Waals surface area contributed by atoms with Crippen LogP contribution in [0.3, 0.4) is 0 Å². The van der Waals surface area contributed by atoms with E-state index in [1.165, 1.54) is 9.47 Å². The van der Waals surface area contributed by atoms with Crippen molar-refractivity contribution in [2.75, 3.05) is 13.1 Å². The average Bonchev–Trinajstić information content (AvgIpc) is 2.58. The summed E-state index contributed by atoms with van der Waals surface area (Å²) in [5.41, 5.74) is -1.30. The van der Waals surface area contributed by atoms with Crippen LogP contribution in [0.25, 0.3) is 11.0 Å². The molecule has 0 unspecified atom stereocenters. The Hall–Kier alpha value is -2.35. The number of hydrogen-bond donors (Lipinski definition) is 1. The molecule has 1 N–H and O–H groups in total. The molecule has 0 radical (unpaired) electrons. The molecule has 1 amide bonds. The monoisotopic (exact) mass is 337 g/mol. The van der Waals surface area contributed by atoms with E-state index in [1.54, 1.807) is 24.3 Å². The number of amides is 1. The molecule has 6 nitrogen and oxygen atoms in total. The number of nitrogens with zero attached hydrogens (tertiary/aromatic N) is 3. The molecule has 1 aliphatic rings. The van der Waals surface area contributed by atoms with Crippen LogP contribution in [0.1, 0.15) is 12.8 Å². The minimum absolute atomic E-state index is 0.0391. The molecule has 0 atom stereocenters. The van der Waals surface area contributed by atoms with E-state index in [9.17, 15) is 23.5 Å². The third-order valence-electron chi connectivity index (χ3n) is 4.43. The molecular formula is C16H17F2N3O3. The van der Waals surface area contributed by atoms with Gasteiger partial charge in [-0.25, -0.2) is 13.8 Å². The van der Waals surface area contributed by atoms with Gasteiger partial charge < -0.3 is 10.0 Å². The molecule has 0 bridgehead atoms. The third-order valence-corrected chi connectivity index (χ3v) is 4.43. The van der Waals surface area contributed by atoms with Crippen LogP contribution >= 0.6 is 0 Å². The molecule has 24 heavy (non-hydrogen) atoms. The lowest BCUT2D eigenvalue weighted by Gasteiger charge is -2.37. The van der Waals surface area contributed by atoms with E-state index in [-0.39, 0.29) is 38.4 Å². The van der Waals surface area contributed by atoms with Gasteiger partial charge in [0.15, 0.2) is 0 Å². The summed E-state index contributed by atoms with van der Waals surface area (Å²) in [5.74, 6) is -0.343. The first kappa shape index (κ1) is 16.5. The van der Waals surface area contributed by atoms with Crippen molar-refractivity contribution in [3.05, 3.63) is 40.8 Å². The minimum atomic E-state index is -2.83. The van der Waals surface area contributed by atoms with E-state index in [1.807, 2.05) is 0 Å². The molecule has 0 aliphatic carbocycles. The average molecular weight is 337 g/mol. The number of para-hydroxylation sites is 2. The summed E-state index contributed by atoms with van der Waals surface area (Å²) in [7, 11) is 0. The Balaban J connectivity index is 1.77. The van der Waals surface area contributed by atoms with Crippen LogP contribution in [0, 0.1) is 0 Å². The number of likely N-dealkylation sites (tertiary alicyclic amines) is 1. The van der Waals surface area contributed by atoms with Crippen LogP contribution in [-0.2, 0) is 11.3 Å². The van der Waals surface area contributed by atoms with Crippen LogP contribution < -0.4 is 5.56 Å². The van der Waals surface area contributed by atoms with E-state index >= 15 is 0 Å². The zero-order valence-electron chi connectivity index (χ0n) is 12.9. The molecule has 0 saturated carbocycles. The Bertz CT molecular complexity index is 814. The van der Waals surface area contributed by atoms with Gasteiger partial charge in [-0.1, -0.05) is 12.1 Å². The molecule has 1 fully saturated rings. The summed E-state index contributed by atoms with van der Waals surface area (Å²) in [6.07, 6.45) is -2.03. The molecule has 0 spiro atoms. The van der Waals surface area contributed by atoms with Crippen LogP contribution in [-0.4, -0.2) is 50.6 Å². The molecule has 128 valence electrons. The fourth-order valence-electron chi connectivity index (χ4n) is 2.87. The van der Waals surface area contributed by atoms with Gasteiger partial charge in [-0.3, -0.25) is 14.2 Å². The number of fused-ring (bicyclic) bond motifs is 1. The van der Waals surface area contributed by atoms with Crippen molar-refractivity contribution >= 4 is 16.9 Å². The smallest absolute Gasteiger partial charge is 0.269 e. The van der Waals surface area contributed by atoms with Crippen molar-refractivity contribution < 1.29 is 18.7 Å². The molecule has 3 rings (SSSR count). The van der Waals surface area contributed by atoms with E-state index in [0.717, 1.165) is 6.20 Å². The van der Waals surface area contributed by atoms with E-state index in [2.05, 4.69) is 4.98 Å². The number of carbonyl (C=O) groups is 1. The maximum atomic E-state index is 12.8. The van der Waals surface area contributed by atoms with E-state index in [0.29, 0.717) is 11.0 Å². The maximum absolute atomic E-state index is 12.8. The van der Waals surface area contributed by atoms with Gasteiger partial charge in [0.25, 0.3) is 12.0 Å². The first-order valence-electron chi connectivity index (χ1n) is 7.63. The Morgan fingerprint density at radius 3 is 2.62 bits per heavy atom. The van der Waals surface area contributed by atoms with Gasteiger partial charge in [-0.2, -0.15) is 0 Å². The number of aliphatic hydroxyl groups is 1. The number of piperidine rings is 1. The normalized spacial score (nSPS) is 17.4. The number of alkyl halides is 2. The molecule has 1 aromatic heterocycles. The summed E-state index contributed by atoms with van der Waals surface area (Å²) in [6, 6.07) is 6.96. The lowest BCUT2D eigenvalue weighted by Crippen LogP contribution is -2.51. The first-order chi connectivity index (χ1) is 11.4. The van der Waals surface area contributed by atoms with E-state index < -0.39 is 17.6 Å². The second-order valence-electron chi connectivity index (χ2n) is 5.96. The highest BCUT2D eigenvalue weighted by Gasteiger charge is 2.41. The number of hydrogen-bond acceptors (Lipinski definition) is 4. The number of rotatable bonds is 3. The second-order valence-corrected chi connectivity index (χ2v) is 5.96. The highest BCUT2D eigenvalue weighted by atomic mass is 19.3. The fourth-order valence-corrected chi connectivity index (χ4v) is 2.87. The molecule has 1 aromatic carbocycles. The fraction of sp³-hybridized carbons (Fsp3) is 0.438. The van der Waals surface area contributed by atoms with Crippen molar-refractivity contribution in [2.45, 2.75) is 31.4 Å². The van der Waals surface area contributed by atoms with Crippen molar-refractivity contribution in [3.63, 3.8) is 0 Å². The van der Waals surface area contributed by atoms with Gasteiger partial charge in [0.05, 0.1) is 17.2 Å².